The second-order valence-corrected chi connectivity index (χ2v) is 4.85. The summed E-state index contributed by atoms with van der Waals surface area (Å²) in [6, 6.07) is 6.11. The van der Waals surface area contributed by atoms with Crippen LogP contribution in [0.25, 0.3) is 0 Å². The van der Waals surface area contributed by atoms with Crippen LogP contribution < -0.4 is 5.73 Å². The second kappa shape index (κ2) is 6.08. The number of hydrogen-bond acceptors (Lipinski definition) is 2. The van der Waals surface area contributed by atoms with Gasteiger partial charge < -0.3 is 5.73 Å². The second-order valence-electron chi connectivity index (χ2n) is 4.03. The molecule has 2 nitrogen and oxygen atoms in total. The summed E-state index contributed by atoms with van der Waals surface area (Å²) in [7, 11) is 0. The molecule has 0 amide bonds. The largest absolute Gasteiger partial charge is 0.326 e. The number of benzene rings is 1. The van der Waals surface area contributed by atoms with Crippen molar-refractivity contribution in [3.05, 3.63) is 33.8 Å². The molecule has 1 aromatic rings. The van der Waals surface area contributed by atoms with Gasteiger partial charge in [-0.3, -0.25) is 4.90 Å². The number of hydrogen-bond donors (Lipinski definition) is 1. The minimum Gasteiger partial charge on any atom is -0.326 e. The molecule has 0 bridgehead atoms. The van der Waals surface area contributed by atoms with Crippen molar-refractivity contribution in [1.29, 1.82) is 0 Å². The van der Waals surface area contributed by atoms with Gasteiger partial charge in [-0.25, -0.2) is 0 Å². The molecule has 2 rings (SSSR count). The first-order chi connectivity index (χ1) is 7.15. The topological polar surface area (TPSA) is 29.3 Å². The van der Waals surface area contributed by atoms with Gasteiger partial charge in [0.1, 0.15) is 0 Å². The maximum atomic E-state index is 5.95. The molecule has 1 aliphatic rings. The summed E-state index contributed by atoms with van der Waals surface area (Å²) in [5, 5.41) is 1.23. The number of halogens is 3. The molecule has 2 N–H and O–H groups in total. The molecule has 1 saturated heterocycles. The van der Waals surface area contributed by atoms with Crippen LogP contribution in [0.2, 0.25) is 10.0 Å². The smallest absolute Gasteiger partial charge is 0.0595 e. The molecule has 0 unspecified atom stereocenters. The van der Waals surface area contributed by atoms with Crippen molar-refractivity contribution < 1.29 is 0 Å². The van der Waals surface area contributed by atoms with E-state index in [1.165, 1.54) is 5.56 Å². The normalized spacial score (nSPS) is 20.8. The first kappa shape index (κ1) is 14.1. The van der Waals surface area contributed by atoms with Gasteiger partial charge in [0.2, 0.25) is 0 Å². The molecule has 0 spiro atoms. The van der Waals surface area contributed by atoms with Gasteiger partial charge in [0, 0.05) is 25.7 Å². The lowest BCUT2D eigenvalue weighted by Crippen LogP contribution is -2.26. The van der Waals surface area contributed by atoms with Gasteiger partial charge >= 0.3 is 0 Å². The lowest BCUT2D eigenvalue weighted by Gasteiger charge is -2.15. The summed E-state index contributed by atoms with van der Waals surface area (Å²) < 4.78 is 0. The minimum atomic E-state index is 0. The summed E-state index contributed by atoms with van der Waals surface area (Å²) in [5.41, 5.74) is 7.04. The third kappa shape index (κ3) is 3.51. The van der Waals surface area contributed by atoms with E-state index in [0.29, 0.717) is 16.1 Å². The molecule has 1 atom stereocenters. The van der Waals surface area contributed by atoms with E-state index in [1.807, 2.05) is 18.2 Å². The summed E-state index contributed by atoms with van der Waals surface area (Å²) >= 11 is 11.8. The Balaban J connectivity index is 0.00000128. The Hall–Kier alpha value is 0.01000. The van der Waals surface area contributed by atoms with Crippen LogP contribution in [0.15, 0.2) is 18.2 Å². The van der Waals surface area contributed by atoms with Crippen molar-refractivity contribution in [2.75, 3.05) is 13.1 Å². The maximum absolute atomic E-state index is 5.95. The molecular formula is C11H15Cl3N2. The fourth-order valence-electron chi connectivity index (χ4n) is 1.90. The Morgan fingerprint density at radius 1 is 1.31 bits per heavy atom. The molecule has 90 valence electrons. The van der Waals surface area contributed by atoms with E-state index in [4.69, 9.17) is 28.9 Å². The van der Waals surface area contributed by atoms with Crippen molar-refractivity contribution in [3.63, 3.8) is 0 Å². The number of nitrogens with zero attached hydrogens (tertiary/aromatic N) is 1. The van der Waals surface area contributed by atoms with E-state index in [2.05, 4.69) is 4.90 Å². The van der Waals surface area contributed by atoms with E-state index in [1.54, 1.807) is 0 Å². The van der Waals surface area contributed by atoms with Crippen LogP contribution in [-0.2, 0) is 6.54 Å². The van der Waals surface area contributed by atoms with Gasteiger partial charge in [0.05, 0.1) is 10.0 Å². The Morgan fingerprint density at radius 2 is 2.06 bits per heavy atom. The van der Waals surface area contributed by atoms with Crippen molar-refractivity contribution in [2.45, 2.75) is 19.0 Å². The summed E-state index contributed by atoms with van der Waals surface area (Å²) in [4.78, 5) is 2.34. The van der Waals surface area contributed by atoms with Crippen LogP contribution in [0.3, 0.4) is 0 Å². The minimum absolute atomic E-state index is 0. The van der Waals surface area contributed by atoms with Crippen molar-refractivity contribution >= 4 is 35.6 Å². The van der Waals surface area contributed by atoms with E-state index >= 15 is 0 Å². The van der Waals surface area contributed by atoms with Gasteiger partial charge in [-0.1, -0.05) is 29.3 Å². The van der Waals surface area contributed by atoms with Crippen LogP contribution >= 0.6 is 35.6 Å². The molecule has 1 fully saturated rings. The zero-order chi connectivity index (χ0) is 10.8. The maximum Gasteiger partial charge on any atom is 0.0595 e. The van der Waals surface area contributed by atoms with Gasteiger partial charge in [0.15, 0.2) is 0 Å². The Bertz CT molecular complexity index is 357. The first-order valence-corrected chi connectivity index (χ1v) is 5.82. The standard InChI is InChI=1S/C11H14Cl2N2.ClH/c12-10-2-1-8(5-11(10)13)6-15-4-3-9(14)7-15;/h1-2,5,9H,3-4,6-7,14H2;1H/t9-;/m0./s1. The number of nitrogens with two attached hydrogens (primary N) is 1. The molecule has 1 heterocycles. The van der Waals surface area contributed by atoms with Crippen molar-refractivity contribution in [2.24, 2.45) is 5.73 Å². The molecule has 5 heteroatoms. The van der Waals surface area contributed by atoms with Crippen LogP contribution in [-0.4, -0.2) is 24.0 Å². The van der Waals surface area contributed by atoms with E-state index in [-0.39, 0.29) is 12.4 Å². The summed E-state index contributed by atoms with van der Waals surface area (Å²) in [5.74, 6) is 0. The fourth-order valence-corrected chi connectivity index (χ4v) is 2.22. The molecule has 1 aromatic carbocycles. The van der Waals surface area contributed by atoms with Gasteiger partial charge in [0.25, 0.3) is 0 Å². The molecule has 0 aliphatic carbocycles. The average Bonchev–Trinajstić information content (AvgIpc) is 2.58. The van der Waals surface area contributed by atoms with Crippen molar-refractivity contribution in [1.82, 2.24) is 4.90 Å². The average molecular weight is 282 g/mol. The van der Waals surface area contributed by atoms with Crippen molar-refractivity contribution in [3.8, 4) is 0 Å². The SMILES string of the molecule is Cl.N[C@H]1CCN(Cc2ccc(Cl)c(Cl)c2)C1. The molecule has 0 saturated carbocycles. The summed E-state index contributed by atoms with van der Waals surface area (Å²) in [6.45, 7) is 2.95. The zero-order valence-electron chi connectivity index (χ0n) is 8.83. The Labute approximate surface area is 112 Å². The highest BCUT2D eigenvalue weighted by molar-refractivity contribution is 6.42. The van der Waals surface area contributed by atoms with Crippen LogP contribution in [0.4, 0.5) is 0 Å². The molecule has 16 heavy (non-hydrogen) atoms. The third-order valence-electron chi connectivity index (χ3n) is 2.70. The van der Waals surface area contributed by atoms with Gasteiger partial charge in [-0.05, 0) is 24.1 Å². The molecule has 1 aliphatic heterocycles. The molecule has 0 aromatic heterocycles. The highest BCUT2D eigenvalue weighted by Crippen LogP contribution is 2.23. The number of likely N-dealkylation sites (tertiary alicyclic amines) is 1. The lowest BCUT2D eigenvalue weighted by molar-refractivity contribution is 0.327. The Kier molecular flexibility index (Phi) is 5.35. The quantitative estimate of drug-likeness (QED) is 0.903. The fraction of sp³-hybridized carbons (Fsp3) is 0.455. The predicted molar refractivity (Wildman–Crippen MR) is 71.6 cm³/mol. The highest BCUT2D eigenvalue weighted by Gasteiger charge is 2.18. The van der Waals surface area contributed by atoms with E-state index < -0.39 is 0 Å². The third-order valence-corrected chi connectivity index (χ3v) is 3.44. The molecule has 0 radical (unpaired) electrons. The Morgan fingerprint density at radius 3 is 2.62 bits per heavy atom. The monoisotopic (exact) mass is 280 g/mol. The molecular weight excluding hydrogens is 266 g/mol. The lowest BCUT2D eigenvalue weighted by atomic mass is 10.2. The van der Waals surface area contributed by atoms with Gasteiger partial charge in [-0.2, -0.15) is 0 Å². The van der Waals surface area contributed by atoms with Crippen LogP contribution in [0, 0.1) is 0 Å². The highest BCUT2D eigenvalue weighted by atomic mass is 35.5. The summed E-state index contributed by atoms with van der Waals surface area (Å²) in [6.07, 6.45) is 1.08. The zero-order valence-corrected chi connectivity index (χ0v) is 11.2. The van der Waals surface area contributed by atoms with Crippen LogP contribution in [0.5, 0.6) is 0 Å². The van der Waals surface area contributed by atoms with E-state index in [0.717, 1.165) is 26.1 Å². The van der Waals surface area contributed by atoms with Crippen LogP contribution in [0.1, 0.15) is 12.0 Å². The first-order valence-electron chi connectivity index (χ1n) is 5.07. The van der Waals surface area contributed by atoms with Gasteiger partial charge in [-0.15, -0.1) is 12.4 Å². The van der Waals surface area contributed by atoms with E-state index in [9.17, 15) is 0 Å². The predicted octanol–water partition coefficient (Wildman–Crippen LogP) is 2.95. The number of rotatable bonds is 2.